The van der Waals surface area contributed by atoms with Gasteiger partial charge in [0.15, 0.2) is 6.29 Å². The molecule has 2 heterocycles. The number of ether oxygens (including phenoxy) is 3. The molecule has 1 saturated carbocycles. The molecule has 2 aliphatic heterocycles. The zero-order valence-corrected chi connectivity index (χ0v) is 24.2. The Labute approximate surface area is 241 Å². The number of nitrogens with one attached hydrogen (secondary N) is 1. The number of carbonyl (C=O) groups is 1. The van der Waals surface area contributed by atoms with Crippen molar-refractivity contribution in [2.45, 2.75) is 87.4 Å². The van der Waals surface area contributed by atoms with Gasteiger partial charge in [0.1, 0.15) is 6.10 Å². The highest BCUT2D eigenvalue weighted by atomic mass is 32.2. The normalized spacial score (nSPS) is 24.6. The first-order valence-electron chi connectivity index (χ1n) is 14.5. The Morgan fingerprint density at radius 2 is 1.78 bits per heavy atom. The summed E-state index contributed by atoms with van der Waals surface area (Å²) in [6.45, 7) is 2.31. The van der Waals surface area contributed by atoms with Crippen LogP contribution in [0, 0.1) is 12.8 Å². The van der Waals surface area contributed by atoms with E-state index in [-0.39, 0.29) is 42.8 Å². The van der Waals surface area contributed by atoms with Crippen molar-refractivity contribution in [1.29, 1.82) is 0 Å². The number of sulfonamides is 1. The van der Waals surface area contributed by atoms with Gasteiger partial charge in [-0.1, -0.05) is 71.8 Å². The van der Waals surface area contributed by atoms with Crippen LogP contribution in [-0.2, 0) is 35.5 Å². The molecule has 10 nitrogen and oxygen atoms in total. The van der Waals surface area contributed by atoms with Crippen molar-refractivity contribution in [1.82, 2.24) is 9.79 Å². The summed E-state index contributed by atoms with van der Waals surface area (Å²) in [5.74, 6) is -0.0303. The topological polar surface area (TPSA) is 124 Å². The number of carbonyl (C=O) groups excluding carboxylic acids is 1. The van der Waals surface area contributed by atoms with E-state index in [0.29, 0.717) is 6.61 Å². The molecule has 2 saturated heterocycles. The predicted molar refractivity (Wildman–Crippen MR) is 150 cm³/mol. The van der Waals surface area contributed by atoms with E-state index in [0.717, 1.165) is 54.1 Å². The van der Waals surface area contributed by atoms with Gasteiger partial charge in [-0.25, -0.2) is 13.2 Å². The summed E-state index contributed by atoms with van der Waals surface area (Å²) in [4.78, 5) is 19.2. The summed E-state index contributed by atoms with van der Waals surface area (Å²) in [6.07, 6.45) is 2.37. The van der Waals surface area contributed by atoms with E-state index in [4.69, 9.17) is 19.0 Å². The fourth-order valence-electron chi connectivity index (χ4n) is 5.66. The lowest BCUT2D eigenvalue weighted by molar-refractivity contribution is -0.156. The van der Waals surface area contributed by atoms with Crippen molar-refractivity contribution in [3.63, 3.8) is 0 Å². The van der Waals surface area contributed by atoms with Crippen LogP contribution in [0.3, 0.4) is 0 Å². The Hall–Kier alpha value is -2.54. The minimum atomic E-state index is -4.10. The molecule has 2 N–H and O–H groups in total. The molecule has 5 rings (SSSR count). The van der Waals surface area contributed by atoms with Crippen molar-refractivity contribution in [2.24, 2.45) is 5.92 Å². The van der Waals surface area contributed by atoms with E-state index < -0.39 is 34.4 Å². The molecule has 1 aliphatic carbocycles. The second-order valence-electron chi connectivity index (χ2n) is 11.1. The Bertz CT molecular complexity index is 1240. The van der Waals surface area contributed by atoms with Gasteiger partial charge >= 0.3 is 6.09 Å². The Kier molecular flexibility index (Phi) is 9.95. The Morgan fingerprint density at radius 1 is 1.05 bits per heavy atom. The predicted octanol–water partition coefficient (Wildman–Crippen LogP) is 3.71. The molecular weight excluding hydrogens is 548 g/mol. The summed E-state index contributed by atoms with van der Waals surface area (Å²) >= 11 is 0. The highest BCUT2D eigenvalue weighted by Gasteiger charge is 2.44. The third-order valence-electron chi connectivity index (χ3n) is 8.05. The van der Waals surface area contributed by atoms with Gasteiger partial charge < -0.3 is 24.6 Å². The van der Waals surface area contributed by atoms with Gasteiger partial charge in [-0.3, -0.25) is 4.84 Å². The number of aryl methyl sites for hydroxylation is 1. The number of nitrogens with zero attached hydrogens (tertiary/aromatic N) is 1. The van der Waals surface area contributed by atoms with Gasteiger partial charge in [0.25, 0.3) is 10.0 Å². The molecule has 0 radical (unpaired) electrons. The van der Waals surface area contributed by atoms with Gasteiger partial charge in [0, 0.05) is 0 Å². The summed E-state index contributed by atoms with van der Waals surface area (Å²) < 4.78 is 45.2. The molecule has 1 amide bonds. The van der Waals surface area contributed by atoms with Crippen molar-refractivity contribution >= 4 is 16.1 Å². The van der Waals surface area contributed by atoms with Gasteiger partial charge in [-0.15, -0.1) is 0 Å². The first kappa shape index (κ1) is 29.9. The van der Waals surface area contributed by atoms with Crippen LogP contribution in [-0.4, -0.2) is 74.5 Å². The molecule has 1 unspecified atom stereocenters. The Morgan fingerprint density at radius 3 is 2.51 bits per heavy atom. The lowest BCUT2D eigenvalue weighted by atomic mass is 9.98. The molecule has 3 aliphatic rings. The molecule has 0 aromatic heterocycles. The Balaban J connectivity index is 1.34. The molecule has 41 heavy (non-hydrogen) atoms. The van der Waals surface area contributed by atoms with E-state index in [1.165, 1.54) is 12.1 Å². The summed E-state index contributed by atoms with van der Waals surface area (Å²) in [5.41, 5.74) is 1.80. The smallest absolute Gasteiger partial charge is 0.407 e. The number of hydrogen-bond acceptors (Lipinski definition) is 8. The van der Waals surface area contributed by atoms with Crippen LogP contribution in [0.1, 0.15) is 49.7 Å². The first-order chi connectivity index (χ1) is 19.8. The van der Waals surface area contributed by atoms with Crippen LogP contribution >= 0.6 is 0 Å². The third-order valence-corrected chi connectivity index (χ3v) is 9.69. The average Bonchev–Trinajstić information content (AvgIpc) is 3.59. The lowest BCUT2D eigenvalue weighted by Gasteiger charge is -2.32. The number of fused-ring (bicyclic) bond motifs is 1. The molecular formula is C30H40N2O8S. The minimum absolute atomic E-state index is 0.0303. The van der Waals surface area contributed by atoms with Crippen LogP contribution in [0.15, 0.2) is 59.5 Å². The van der Waals surface area contributed by atoms with E-state index in [1.807, 2.05) is 37.3 Å². The molecule has 0 bridgehead atoms. The summed E-state index contributed by atoms with van der Waals surface area (Å²) in [6, 6.07) is 15.1. The van der Waals surface area contributed by atoms with E-state index in [1.54, 1.807) is 12.1 Å². The maximum Gasteiger partial charge on any atom is 0.407 e. The molecule has 3 fully saturated rings. The number of hydroxylamine groups is 1. The number of amides is 1. The van der Waals surface area contributed by atoms with E-state index in [2.05, 4.69) is 5.32 Å². The highest BCUT2D eigenvalue weighted by Crippen LogP contribution is 2.33. The summed E-state index contributed by atoms with van der Waals surface area (Å²) in [7, 11) is -4.10. The number of benzene rings is 2. The number of hydrogen-bond donors (Lipinski definition) is 2. The van der Waals surface area contributed by atoms with Gasteiger partial charge in [0.05, 0.1) is 48.8 Å². The standard InChI is InChI=1S/C30H40N2O8S/c1-21-12-14-24(15-13-21)41(35,36)32(40-23-10-6-3-7-11-23)19-27(33)26(18-22-8-4-2-5-9-22)31-30(34)39-28-20-38-29-25(28)16-17-37-29/h2,4-5,8-9,12-15,23,25-29,33H,3,6-7,10-11,16-20H2,1H3,(H,31,34)/t25-,26-,27+,28?,29+/m0/s1. The molecule has 224 valence electrons. The van der Waals surface area contributed by atoms with E-state index in [9.17, 15) is 18.3 Å². The van der Waals surface area contributed by atoms with Gasteiger partial charge in [-0.05, 0) is 50.3 Å². The van der Waals surface area contributed by atoms with E-state index >= 15 is 0 Å². The zero-order chi connectivity index (χ0) is 28.8. The first-order valence-corrected chi connectivity index (χ1v) is 15.9. The number of alkyl carbamates (subject to hydrolysis) is 1. The van der Waals surface area contributed by atoms with Crippen LogP contribution in [0.25, 0.3) is 0 Å². The fraction of sp³-hybridized carbons (Fsp3) is 0.567. The minimum Gasteiger partial charge on any atom is -0.443 e. The van der Waals surface area contributed by atoms with Crippen LogP contribution in [0.2, 0.25) is 0 Å². The molecule has 5 atom stereocenters. The maximum atomic E-state index is 13.7. The van der Waals surface area contributed by atoms with Gasteiger partial charge in [0.2, 0.25) is 0 Å². The highest BCUT2D eigenvalue weighted by molar-refractivity contribution is 7.89. The molecule has 11 heteroatoms. The molecule has 2 aromatic rings. The number of aliphatic hydroxyl groups excluding tert-OH is 1. The van der Waals surface area contributed by atoms with Crippen molar-refractivity contribution in [3.05, 3.63) is 65.7 Å². The van der Waals surface area contributed by atoms with Crippen LogP contribution in [0.4, 0.5) is 4.79 Å². The SMILES string of the molecule is Cc1ccc(S(=O)(=O)N(C[C@@H](O)[C@H](Cc2ccccc2)NC(=O)OC2CO[C@H]3OCC[C@@H]23)OC2CCCCC2)cc1. The van der Waals surface area contributed by atoms with Crippen molar-refractivity contribution in [3.8, 4) is 0 Å². The van der Waals surface area contributed by atoms with Gasteiger partial charge in [-0.2, -0.15) is 0 Å². The second kappa shape index (κ2) is 13.6. The largest absolute Gasteiger partial charge is 0.443 e. The summed E-state index contributed by atoms with van der Waals surface area (Å²) in [5, 5.41) is 14.3. The number of aliphatic hydroxyl groups is 1. The average molecular weight is 589 g/mol. The van der Waals surface area contributed by atoms with Crippen LogP contribution in [0.5, 0.6) is 0 Å². The zero-order valence-electron chi connectivity index (χ0n) is 23.4. The molecule has 2 aromatic carbocycles. The second-order valence-corrected chi connectivity index (χ2v) is 13.0. The van der Waals surface area contributed by atoms with Crippen molar-refractivity contribution in [2.75, 3.05) is 19.8 Å². The van der Waals surface area contributed by atoms with Crippen LogP contribution < -0.4 is 5.32 Å². The number of rotatable bonds is 11. The van der Waals surface area contributed by atoms with Crippen molar-refractivity contribution < 1.29 is 37.4 Å². The fourth-order valence-corrected chi connectivity index (χ4v) is 6.96. The molecule has 0 spiro atoms. The third kappa shape index (κ3) is 7.65. The lowest BCUT2D eigenvalue weighted by Crippen LogP contribution is -2.51. The quantitative estimate of drug-likeness (QED) is 0.381. The monoisotopic (exact) mass is 588 g/mol. The maximum absolute atomic E-state index is 13.7.